The summed E-state index contributed by atoms with van der Waals surface area (Å²) in [5, 5.41) is 0. The molecule has 146 valence electrons. The lowest BCUT2D eigenvalue weighted by Crippen LogP contribution is -2.44. The van der Waals surface area contributed by atoms with Crippen molar-refractivity contribution in [2.24, 2.45) is 0 Å². The Morgan fingerprint density at radius 3 is 1.32 bits per heavy atom. The topological polar surface area (TPSA) is 116 Å². The van der Waals surface area contributed by atoms with E-state index in [1.165, 1.54) is 0 Å². The van der Waals surface area contributed by atoms with E-state index in [1.54, 1.807) is 48.5 Å². The molecule has 0 aromatic heterocycles. The average molecular weight is 512 g/mol. The smallest absolute Gasteiger partial charge is 0.270 e. The summed E-state index contributed by atoms with van der Waals surface area (Å²) < 4.78 is 1.17. The fourth-order valence-electron chi connectivity index (χ4n) is 2.03. The van der Waals surface area contributed by atoms with Gasteiger partial charge in [-0.3, -0.25) is 40.9 Å². The Morgan fingerprint density at radius 1 is 0.607 bits per heavy atom. The van der Waals surface area contributed by atoms with Gasteiger partial charge < -0.3 is 0 Å². The summed E-state index contributed by atoms with van der Waals surface area (Å²) in [5.41, 5.74) is 9.70. The number of carbonyl (C=O) groups excluding carboxylic acids is 4. The van der Waals surface area contributed by atoms with E-state index in [1.807, 2.05) is 0 Å². The number of amides is 4. The van der Waals surface area contributed by atoms with E-state index in [9.17, 15) is 19.2 Å². The van der Waals surface area contributed by atoms with Crippen LogP contribution in [0, 0.1) is 0 Å². The van der Waals surface area contributed by atoms with Crippen LogP contribution in [0.2, 0.25) is 0 Å². The molecule has 4 N–H and O–H groups in total. The summed E-state index contributed by atoms with van der Waals surface area (Å²) in [6.45, 7) is 0. The highest BCUT2D eigenvalue weighted by Crippen LogP contribution is 2.15. The van der Waals surface area contributed by atoms with E-state index in [0.717, 1.165) is 0 Å². The summed E-state index contributed by atoms with van der Waals surface area (Å²) in [7, 11) is 0. The lowest BCUT2D eigenvalue weighted by atomic mass is 10.2. The minimum Gasteiger partial charge on any atom is -0.273 e. The molecule has 10 heteroatoms. The monoisotopic (exact) mass is 510 g/mol. The molecule has 0 atom stereocenters. The number of halogens is 2. The third-order valence-electron chi connectivity index (χ3n) is 3.45. The van der Waals surface area contributed by atoms with E-state index < -0.39 is 23.6 Å². The third-order valence-corrected chi connectivity index (χ3v) is 4.83. The van der Waals surface area contributed by atoms with Crippen LogP contribution in [0.25, 0.3) is 0 Å². The molecule has 8 nitrogen and oxygen atoms in total. The molecule has 4 amide bonds. The van der Waals surface area contributed by atoms with Crippen LogP contribution in [-0.2, 0) is 9.59 Å². The largest absolute Gasteiger partial charge is 0.273 e. The molecule has 0 saturated heterocycles. The van der Waals surface area contributed by atoms with Gasteiger partial charge in [0.2, 0.25) is 11.8 Å². The fraction of sp³-hybridized carbons (Fsp3) is 0.111. The van der Waals surface area contributed by atoms with Gasteiger partial charge in [-0.15, -0.1) is 0 Å². The van der Waals surface area contributed by atoms with E-state index in [2.05, 4.69) is 53.6 Å². The van der Waals surface area contributed by atoms with Gasteiger partial charge in [-0.1, -0.05) is 24.3 Å². The summed E-state index contributed by atoms with van der Waals surface area (Å²) in [4.78, 5) is 47.4. The van der Waals surface area contributed by atoms with Crippen LogP contribution in [0.1, 0.15) is 33.6 Å². The standard InChI is InChI=1S/C18H16Br2N4O4/c19-13-7-3-1-5-11(13)17(27)23-21-15(25)9-10-16(26)22-24-18(28)12-6-2-4-8-14(12)20/h1-8H,9-10H2,(H,21,25)(H,22,26)(H,23,27)(H,24,28). The molecule has 0 heterocycles. The van der Waals surface area contributed by atoms with Crippen LogP contribution >= 0.6 is 31.9 Å². The maximum absolute atomic E-state index is 12.0. The predicted molar refractivity (Wildman–Crippen MR) is 109 cm³/mol. The molecule has 0 spiro atoms. The van der Waals surface area contributed by atoms with Crippen molar-refractivity contribution in [1.82, 2.24) is 21.7 Å². The predicted octanol–water partition coefficient (Wildman–Crippen LogP) is 2.21. The Morgan fingerprint density at radius 2 is 0.964 bits per heavy atom. The molecule has 0 aliphatic heterocycles. The number of hydrogen-bond donors (Lipinski definition) is 4. The van der Waals surface area contributed by atoms with Crippen molar-refractivity contribution >= 4 is 55.5 Å². The second-order valence-corrected chi connectivity index (χ2v) is 7.17. The molecular weight excluding hydrogens is 496 g/mol. The normalized spacial score (nSPS) is 9.93. The Labute approximate surface area is 177 Å². The number of hydrazine groups is 2. The molecule has 2 aromatic rings. The number of nitrogens with one attached hydrogen (secondary N) is 4. The van der Waals surface area contributed by atoms with Gasteiger partial charge in [0.05, 0.1) is 11.1 Å². The minimum absolute atomic E-state index is 0.174. The zero-order valence-corrected chi connectivity index (χ0v) is 17.6. The van der Waals surface area contributed by atoms with Crippen molar-refractivity contribution in [1.29, 1.82) is 0 Å². The summed E-state index contributed by atoms with van der Waals surface area (Å²) in [6, 6.07) is 13.5. The number of benzene rings is 2. The second-order valence-electron chi connectivity index (χ2n) is 5.46. The van der Waals surface area contributed by atoms with Gasteiger partial charge in [0.1, 0.15) is 0 Å². The van der Waals surface area contributed by atoms with Crippen LogP contribution in [0.15, 0.2) is 57.5 Å². The molecule has 2 rings (SSSR count). The number of carbonyl (C=O) groups is 4. The van der Waals surface area contributed by atoms with Gasteiger partial charge in [-0.05, 0) is 56.1 Å². The Balaban J connectivity index is 1.70. The Hall–Kier alpha value is -2.72. The van der Waals surface area contributed by atoms with E-state index in [0.29, 0.717) is 20.1 Å². The summed E-state index contributed by atoms with van der Waals surface area (Å²) >= 11 is 6.48. The zero-order valence-electron chi connectivity index (χ0n) is 14.4. The first-order valence-corrected chi connectivity index (χ1v) is 9.64. The Kier molecular flexibility index (Phi) is 8.15. The van der Waals surface area contributed by atoms with Crippen molar-refractivity contribution < 1.29 is 19.2 Å². The van der Waals surface area contributed by atoms with Crippen LogP contribution in [0.3, 0.4) is 0 Å². The molecule has 28 heavy (non-hydrogen) atoms. The highest BCUT2D eigenvalue weighted by molar-refractivity contribution is 9.10. The quantitative estimate of drug-likeness (QED) is 0.460. The van der Waals surface area contributed by atoms with E-state index in [4.69, 9.17) is 0 Å². The van der Waals surface area contributed by atoms with Gasteiger partial charge in [0, 0.05) is 21.8 Å². The van der Waals surface area contributed by atoms with E-state index >= 15 is 0 Å². The van der Waals surface area contributed by atoms with Crippen molar-refractivity contribution in [3.8, 4) is 0 Å². The van der Waals surface area contributed by atoms with Gasteiger partial charge in [0.15, 0.2) is 0 Å². The summed E-state index contributed by atoms with van der Waals surface area (Å²) in [5.74, 6) is -2.09. The maximum atomic E-state index is 12.0. The molecule has 0 radical (unpaired) electrons. The first-order valence-electron chi connectivity index (χ1n) is 8.06. The van der Waals surface area contributed by atoms with Crippen LogP contribution in [-0.4, -0.2) is 23.6 Å². The van der Waals surface area contributed by atoms with Crippen molar-refractivity contribution in [2.75, 3.05) is 0 Å². The van der Waals surface area contributed by atoms with Crippen LogP contribution in [0.5, 0.6) is 0 Å². The van der Waals surface area contributed by atoms with Gasteiger partial charge in [-0.25, -0.2) is 0 Å². The first kappa shape index (κ1) is 21.6. The molecule has 0 aliphatic rings. The van der Waals surface area contributed by atoms with Gasteiger partial charge >= 0.3 is 0 Å². The highest BCUT2D eigenvalue weighted by atomic mass is 79.9. The first-order chi connectivity index (χ1) is 13.4. The molecule has 0 unspecified atom stereocenters. The molecule has 0 fully saturated rings. The molecule has 0 bridgehead atoms. The lowest BCUT2D eigenvalue weighted by molar-refractivity contribution is -0.127. The Bertz CT molecular complexity index is 831. The molecule has 0 aliphatic carbocycles. The average Bonchev–Trinajstić information content (AvgIpc) is 2.69. The minimum atomic E-state index is -0.548. The van der Waals surface area contributed by atoms with Crippen LogP contribution in [0.4, 0.5) is 0 Å². The molecule has 2 aromatic carbocycles. The molecule has 0 saturated carbocycles. The SMILES string of the molecule is O=C(CCC(=O)NNC(=O)c1ccccc1Br)NNC(=O)c1ccccc1Br. The van der Waals surface area contributed by atoms with Crippen molar-refractivity contribution in [2.45, 2.75) is 12.8 Å². The third kappa shape index (κ3) is 6.46. The summed E-state index contributed by atoms with van der Waals surface area (Å²) in [6.07, 6.45) is -0.347. The van der Waals surface area contributed by atoms with Gasteiger partial charge in [0.25, 0.3) is 11.8 Å². The highest BCUT2D eigenvalue weighted by Gasteiger charge is 2.13. The zero-order chi connectivity index (χ0) is 20.5. The lowest BCUT2D eigenvalue weighted by Gasteiger charge is -2.10. The van der Waals surface area contributed by atoms with Crippen molar-refractivity contribution in [3.05, 3.63) is 68.6 Å². The number of hydrogen-bond acceptors (Lipinski definition) is 4. The van der Waals surface area contributed by atoms with E-state index in [-0.39, 0.29) is 12.8 Å². The molecular formula is C18H16Br2N4O4. The number of rotatable bonds is 5. The second kappa shape index (κ2) is 10.6. The van der Waals surface area contributed by atoms with Crippen molar-refractivity contribution in [3.63, 3.8) is 0 Å². The van der Waals surface area contributed by atoms with Crippen LogP contribution < -0.4 is 21.7 Å². The fourth-order valence-corrected chi connectivity index (χ4v) is 2.96. The van der Waals surface area contributed by atoms with Gasteiger partial charge in [-0.2, -0.15) is 0 Å². The maximum Gasteiger partial charge on any atom is 0.270 e.